The second-order valence-corrected chi connectivity index (χ2v) is 7.21. The molecule has 1 saturated heterocycles. The molecule has 0 saturated carbocycles. The molecule has 1 aliphatic rings. The third-order valence-electron chi connectivity index (χ3n) is 3.20. The van der Waals surface area contributed by atoms with Gasteiger partial charge in [-0.1, -0.05) is 0 Å². The van der Waals surface area contributed by atoms with Crippen molar-refractivity contribution in [2.24, 2.45) is 0 Å². The summed E-state index contributed by atoms with van der Waals surface area (Å²) in [5.41, 5.74) is 0.461. The molecule has 1 aliphatic heterocycles. The van der Waals surface area contributed by atoms with Crippen molar-refractivity contribution in [2.75, 3.05) is 23.4 Å². The van der Waals surface area contributed by atoms with Crippen molar-refractivity contribution < 1.29 is 22.7 Å². The highest BCUT2D eigenvalue weighted by molar-refractivity contribution is 7.91. The third kappa shape index (κ3) is 4.45. The molecule has 22 heavy (non-hydrogen) atoms. The van der Waals surface area contributed by atoms with Crippen LogP contribution in [0.25, 0.3) is 0 Å². The summed E-state index contributed by atoms with van der Waals surface area (Å²) in [6, 6.07) is 6.11. The van der Waals surface area contributed by atoms with E-state index in [1.54, 1.807) is 24.3 Å². The Morgan fingerprint density at radius 2 is 1.91 bits per heavy atom. The standard InChI is InChI=1S/C14H18N2O5S/c1-2-21-12-5-3-10(4-6-12)15-13(17)14(18)16-11-7-8-22(19,20)9-11/h3-6,11H,2,7-9H2,1H3,(H,15,17)(H,16,18). The normalized spacial score (nSPS) is 19.4. The van der Waals surface area contributed by atoms with E-state index in [-0.39, 0.29) is 11.5 Å². The van der Waals surface area contributed by atoms with Crippen LogP contribution >= 0.6 is 0 Å². The van der Waals surface area contributed by atoms with Gasteiger partial charge in [-0.3, -0.25) is 9.59 Å². The molecule has 1 heterocycles. The van der Waals surface area contributed by atoms with Gasteiger partial charge in [0, 0.05) is 11.7 Å². The van der Waals surface area contributed by atoms with Gasteiger partial charge in [0.05, 0.1) is 18.1 Å². The number of carbonyl (C=O) groups excluding carboxylic acids is 2. The maximum Gasteiger partial charge on any atom is 0.313 e. The van der Waals surface area contributed by atoms with Gasteiger partial charge in [0.25, 0.3) is 0 Å². The summed E-state index contributed by atoms with van der Waals surface area (Å²) in [7, 11) is -3.10. The van der Waals surface area contributed by atoms with E-state index in [1.807, 2.05) is 6.92 Å². The van der Waals surface area contributed by atoms with Crippen molar-refractivity contribution in [3.05, 3.63) is 24.3 Å². The Balaban J connectivity index is 1.87. The van der Waals surface area contributed by atoms with E-state index >= 15 is 0 Å². The van der Waals surface area contributed by atoms with Crippen LogP contribution in [0.15, 0.2) is 24.3 Å². The van der Waals surface area contributed by atoms with Crippen LogP contribution in [0.1, 0.15) is 13.3 Å². The maximum atomic E-state index is 11.8. The van der Waals surface area contributed by atoms with Crippen LogP contribution < -0.4 is 15.4 Å². The first-order valence-electron chi connectivity index (χ1n) is 6.95. The van der Waals surface area contributed by atoms with E-state index in [2.05, 4.69) is 10.6 Å². The number of sulfone groups is 1. The summed E-state index contributed by atoms with van der Waals surface area (Å²) in [5, 5.41) is 4.88. The SMILES string of the molecule is CCOc1ccc(NC(=O)C(=O)NC2CCS(=O)(=O)C2)cc1. The predicted octanol–water partition coefficient (Wildman–Crippen LogP) is 0.327. The smallest absolute Gasteiger partial charge is 0.313 e. The van der Waals surface area contributed by atoms with Crippen molar-refractivity contribution in [1.82, 2.24) is 5.32 Å². The number of nitrogens with one attached hydrogen (secondary N) is 2. The first-order chi connectivity index (χ1) is 10.4. The monoisotopic (exact) mass is 326 g/mol. The Labute approximate surface area is 129 Å². The molecule has 1 fully saturated rings. The number of ether oxygens (including phenoxy) is 1. The fourth-order valence-corrected chi connectivity index (χ4v) is 3.82. The maximum absolute atomic E-state index is 11.8. The van der Waals surface area contributed by atoms with Crippen molar-refractivity contribution >= 4 is 27.3 Å². The van der Waals surface area contributed by atoms with Crippen molar-refractivity contribution in [3.8, 4) is 5.75 Å². The minimum absolute atomic E-state index is 0.0401. The minimum Gasteiger partial charge on any atom is -0.494 e. The quantitative estimate of drug-likeness (QED) is 0.776. The average Bonchev–Trinajstić information content (AvgIpc) is 2.80. The van der Waals surface area contributed by atoms with Crippen LogP contribution in [0.5, 0.6) is 5.75 Å². The van der Waals surface area contributed by atoms with Gasteiger partial charge in [-0.25, -0.2) is 8.42 Å². The van der Waals surface area contributed by atoms with Crippen LogP contribution in [-0.2, 0) is 19.4 Å². The van der Waals surface area contributed by atoms with E-state index in [0.29, 0.717) is 24.5 Å². The topological polar surface area (TPSA) is 102 Å². The lowest BCUT2D eigenvalue weighted by atomic mass is 10.2. The van der Waals surface area contributed by atoms with E-state index in [4.69, 9.17) is 4.74 Å². The number of carbonyl (C=O) groups is 2. The highest BCUT2D eigenvalue weighted by Crippen LogP contribution is 2.15. The van der Waals surface area contributed by atoms with Gasteiger partial charge in [-0.15, -0.1) is 0 Å². The second kappa shape index (κ2) is 6.78. The lowest BCUT2D eigenvalue weighted by molar-refractivity contribution is -0.136. The van der Waals surface area contributed by atoms with Gasteiger partial charge in [-0.2, -0.15) is 0 Å². The number of amides is 2. The summed E-state index contributed by atoms with van der Waals surface area (Å²) >= 11 is 0. The molecule has 1 atom stereocenters. The Bertz CT molecular complexity index is 654. The molecule has 2 N–H and O–H groups in total. The lowest BCUT2D eigenvalue weighted by Gasteiger charge is -2.11. The number of hydrogen-bond acceptors (Lipinski definition) is 5. The summed E-state index contributed by atoms with van der Waals surface area (Å²) in [5.74, 6) is -1.07. The number of benzene rings is 1. The molecule has 7 nitrogen and oxygen atoms in total. The number of hydrogen-bond donors (Lipinski definition) is 2. The van der Waals surface area contributed by atoms with Gasteiger partial charge < -0.3 is 15.4 Å². The first kappa shape index (κ1) is 16.3. The predicted molar refractivity (Wildman–Crippen MR) is 81.4 cm³/mol. The summed E-state index contributed by atoms with van der Waals surface area (Å²) in [6.07, 6.45) is 0.338. The molecule has 1 unspecified atom stereocenters. The summed E-state index contributed by atoms with van der Waals surface area (Å²) < 4.78 is 27.9. The fraction of sp³-hybridized carbons (Fsp3) is 0.429. The van der Waals surface area contributed by atoms with E-state index in [9.17, 15) is 18.0 Å². The highest BCUT2D eigenvalue weighted by Gasteiger charge is 2.30. The molecule has 2 amide bonds. The molecule has 1 aromatic rings. The molecule has 0 radical (unpaired) electrons. The van der Waals surface area contributed by atoms with Crippen LogP contribution in [-0.4, -0.2) is 44.4 Å². The van der Waals surface area contributed by atoms with Gasteiger partial charge in [-0.05, 0) is 37.6 Å². The zero-order valence-electron chi connectivity index (χ0n) is 12.2. The molecule has 0 aliphatic carbocycles. The van der Waals surface area contributed by atoms with Gasteiger partial charge in [0.15, 0.2) is 9.84 Å². The largest absolute Gasteiger partial charge is 0.494 e. The van der Waals surface area contributed by atoms with Crippen LogP contribution in [0.4, 0.5) is 5.69 Å². The zero-order valence-corrected chi connectivity index (χ0v) is 13.0. The Hall–Kier alpha value is -2.09. The zero-order chi connectivity index (χ0) is 16.2. The van der Waals surface area contributed by atoms with E-state index < -0.39 is 27.7 Å². The molecule has 0 spiro atoms. The Morgan fingerprint density at radius 3 is 2.45 bits per heavy atom. The second-order valence-electron chi connectivity index (χ2n) is 4.98. The van der Waals surface area contributed by atoms with Crippen LogP contribution in [0.3, 0.4) is 0 Å². The molecule has 1 aromatic carbocycles. The molecule has 8 heteroatoms. The molecule has 120 valence electrons. The van der Waals surface area contributed by atoms with Gasteiger partial charge in [0.1, 0.15) is 5.75 Å². The fourth-order valence-electron chi connectivity index (χ4n) is 2.15. The average molecular weight is 326 g/mol. The molecule has 2 rings (SSSR count). The molecule has 0 bridgehead atoms. The first-order valence-corrected chi connectivity index (χ1v) is 8.77. The van der Waals surface area contributed by atoms with Crippen molar-refractivity contribution in [2.45, 2.75) is 19.4 Å². The molecule has 0 aromatic heterocycles. The van der Waals surface area contributed by atoms with Crippen LogP contribution in [0, 0.1) is 0 Å². The minimum atomic E-state index is -3.10. The van der Waals surface area contributed by atoms with E-state index in [0.717, 1.165) is 0 Å². The summed E-state index contributed by atoms with van der Waals surface area (Å²) in [4.78, 5) is 23.5. The Morgan fingerprint density at radius 1 is 1.23 bits per heavy atom. The van der Waals surface area contributed by atoms with Gasteiger partial charge in [0.2, 0.25) is 0 Å². The van der Waals surface area contributed by atoms with E-state index in [1.165, 1.54) is 0 Å². The summed E-state index contributed by atoms with van der Waals surface area (Å²) in [6.45, 7) is 2.40. The van der Waals surface area contributed by atoms with Crippen molar-refractivity contribution in [1.29, 1.82) is 0 Å². The van der Waals surface area contributed by atoms with Gasteiger partial charge >= 0.3 is 11.8 Å². The lowest BCUT2D eigenvalue weighted by Crippen LogP contribution is -2.42. The number of rotatable bonds is 4. The highest BCUT2D eigenvalue weighted by atomic mass is 32.2. The molecular formula is C14H18N2O5S. The Kier molecular flexibility index (Phi) is 5.02. The third-order valence-corrected chi connectivity index (χ3v) is 4.97. The number of anilines is 1. The van der Waals surface area contributed by atoms with Crippen LogP contribution in [0.2, 0.25) is 0 Å². The van der Waals surface area contributed by atoms with Crippen molar-refractivity contribution in [3.63, 3.8) is 0 Å². The molecular weight excluding hydrogens is 308 g/mol.